The number of benzene rings is 2. The van der Waals surface area contributed by atoms with Crippen LogP contribution >= 0.6 is 0 Å². The molecule has 0 aliphatic heterocycles. The molecule has 0 spiro atoms. The van der Waals surface area contributed by atoms with Crippen LogP contribution in [-0.4, -0.2) is 11.7 Å². The summed E-state index contributed by atoms with van der Waals surface area (Å²) in [5.41, 5.74) is 2.17. The molecule has 0 fully saturated rings. The van der Waals surface area contributed by atoms with E-state index in [0.29, 0.717) is 12.1 Å². The number of nitrogens with one attached hydrogen (secondary N) is 1. The summed E-state index contributed by atoms with van der Waals surface area (Å²) in [4.78, 5) is 24.8. The first-order valence-electron chi connectivity index (χ1n) is 9.03. The number of ketones is 1. The van der Waals surface area contributed by atoms with Gasteiger partial charge in [-0.15, -0.1) is 0 Å². The fourth-order valence-corrected chi connectivity index (χ4v) is 2.48. The summed E-state index contributed by atoms with van der Waals surface area (Å²) < 4.78 is 0. The summed E-state index contributed by atoms with van der Waals surface area (Å²) in [5, 5.41) is 2.75. The van der Waals surface area contributed by atoms with Crippen LogP contribution in [0.5, 0.6) is 0 Å². The quantitative estimate of drug-likeness (QED) is 0.512. The monoisotopic (exact) mass is 347 g/mol. The zero-order valence-electron chi connectivity index (χ0n) is 15.2. The van der Waals surface area contributed by atoms with Gasteiger partial charge < -0.3 is 5.32 Å². The Kier molecular flexibility index (Phi) is 8.07. The van der Waals surface area contributed by atoms with Crippen LogP contribution in [0.2, 0.25) is 0 Å². The maximum absolute atomic E-state index is 12.5. The van der Waals surface area contributed by atoms with Gasteiger partial charge in [-0.3, -0.25) is 9.59 Å². The molecule has 3 heteroatoms. The summed E-state index contributed by atoms with van der Waals surface area (Å²) in [7, 11) is 0. The normalized spacial score (nSPS) is 11.5. The van der Waals surface area contributed by atoms with Crippen molar-refractivity contribution in [2.45, 2.75) is 32.6 Å². The number of allylic oxidation sites excluding steroid dienone is 1. The lowest BCUT2D eigenvalue weighted by molar-refractivity contribution is -0.120. The summed E-state index contributed by atoms with van der Waals surface area (Å²) in [6, 6.07) is 19.1. The van der Waals surface area contributed by atoms with Gasteiger partial charge in [-0.05, 0) is 29.7 Å². The average molecular weight is 347 g/mol. The molecule has 0 unspecified atom stereocenters. The van der Waals surface area contributed by atoms with Crippen LogP contribution in [0.1, 0.15) is 43.7 Å². The van der Waals surface area contributed by atoms with Gasteiger partial charge >= 0.3 is 0 Å². The molecule has 2 aromatic carbocycles. The van der Waals surface area contributed by atoms with Crippen LogP contribution in [-0.2, 0) is 9.59 Å². The molecule has 0 bridgehead atoms. The molecule has 1 amide bonds. The molecule has 0 heterocycles. The lowest BCUT2D eigenvalue weighted by Gasteiger charge is -2.08. The molecule has 1 N–H and O–H groups in total. The van der Waals surface area contributed by atoms with Crippen molar-refractivity contribution < 1.29 is 9.59 Å². The van der Waals surface area contributed by atoms with E-state index in [-0.39, 0.29) is 11.7 Å². The first kappa shape index (κ1) is 19.4. The van der Waals surface area contributed by atoms with Gasteiger partial charge in [0, 0.05) is 12.5 Å². The smallest absolute Gasteiger partial charge is 0.248 e. The molecule has 26 heavy (non-hydrogen) atoms. The highest BCUT2D eigenvalue weighted by molar-refractivity contribution is 6.05. The highest BCUT2D eigenvalue weighted by Crippen LogP contribution is 2.10. The predicted molar refractivity (Wildman–Crippen MR) is 107 cm³/mol. The lowest BCUT2D eigenvalue weighted by Crippen LogP contribution is -2.25. The third-order valence-corrected chi connectivity index (χ3v) is 3.90. The van der Waals surface area contributed by atoms with Gasteiger partial charge in [0.05, 0.1) is 5.70 Å². The van der Waals surface area contributed by atoms with Crippen LogP contribution in [0, 0.1) is 0 Å². The van der Waals surface area contributed by atoms with E-state index in [1.807, 2.05) is 60.7 Å². The third kappa shape index (κ3) is 6.89. The average Bonchev–Trinajstić information content (AvgIpc) is 2.67. The highest BCUT2D eigenvalue weighted by Gasteiger charge is 2.11. The molecule has 0 saturated heterocycles. The van der Waals surface area contributed by atoms with E-state index in [2.05, 4.69) is 12.2 Å². The number of hydrogen-bond donors (Lipinski definition) is 1. The van der Waals surface area contributed by atoms with E-state index in [1.54, 1.807) is 12.2 Å². The highest BCUT2D eigenvalue weighted by atomic mass is 16.2. The van der Waals surface area contributed by atoms with Gasteiger partial charge in [-0.25, -0.2) is 0 Å². The molecule has 134 valence electrons. The van der Waals surface area contributed by atoms with Gasteiger partial charge in [0.2, 0.25) is 5.91 Å². The minimum atomic E-state index is -0.306. The Hall–Kier alpha value is -2.94. The van der Waals surface area contributed by atoms with E-state index in [4.69, 9.17) is 0 Å². The van der Waals surface area contributed by atoms with Crippen molar-refractivity contribution in [1.82, 2.24) is 5.32 Å². The van der Waals surface area contributed by atoms with Crippen LogP contribution < -0.4 is 5.32 Å². The second-order valence-corrected chi connectivity index (χ2v) is 6.08. The zero-order chi connectivity index (χ0) is 18.6. The van der Waals surface area contributed by atoms with Crippen LogP contribution in [0.3, 0.4) is 0 Å². The number of carbonyl (C=O) groups excluding carboxylic acids is 2. The standard InChI is InChI=1S/C23H25NO2/c1-2-3-6-15-22(25)21(18-20-13-9-5-10-14-20)24-23(26)17-16-19-11-7-4-8-12-19/h4-5,7-14,16-18H,2-3,6,15H2,1H3,(H,24,26)/b17-16+,21-18-. The maximum atomic E-state index is 12.5. The second-order valence-electron chi connectivity index (χ2n) is 6.08. The Bertz CT molecular complexity index is 761. The van der Waals surface area contributed by atoms with Gasteiger partial charge in [0.1, 0.15) is 0 Å². The van der Waals surface area contributed by atoms with Crippen molar-refractivity contribution >= 4 is 23.8 Å². The van der Waals surface area contributed by atoms with E-state index in [0.717, 1.165) is 30.4 Å². The number of carbonyl (C=O) groups is 2. The predicted octanol–water partition coefficient (Wildman–Crippen LogP) is 5.01. The van der Waals surface area contributed by atoms with Crippen molar-refractivity contribution in [3.8, 4) is 0 Å². The first-order chi connectivity index (χ1) is 12.7. The zero-order valence-corrected chi connectivity index (χ0v) is 15.2. The Morgan fingerprint density at radius 3 is 2.12 bits per heavy atom. The molecule has 0 radical (unpaired) electrons. The molecule has 0 aliphatic rings. The molecule has 0 aromatic heterocycles. The molecule has 3 nitrogen and oxygen atoms in total. The van der Waals surface area contributed by atoms with E-state index < -0.39 is 0 Å². The SMILES string of the molecule is CCCCCC(=O)/C(=C/c1ccccc1)NC(=O)/C=C/c1ccccc1. The van der Waals surface area contributed by atoms with Crippen molar-refractivity contribution in [1.29, 1.82) is 0 Å². The number of rotatable bonds is 9. The Labute approximate surface area is 155 Å². The Morgan fingerprint density at radius 2 is 1.50 bits per heavy atom. The number of hydrogen-bond acceptors (Lipinski definition) is 2. The number of amides is 1. The molecular formula is C23H25NO2. The Balaban J connectivity index is 2.10. The van der Waals surface area contributed by atoms with Gasteiger partial charge in [0.25, 0.3) is 0 Å². The van der Waals surface area contributed by atoms with E-state index in [1.165, 1.54) is 6.08 Å². The summed E-state index contributed by atoms with van der Waals surface area (Å²) in [6.07, 6.45) is 8.25. The Morgan fingerprint density at radius 1 is 0.885 bits per heavy atom. The van der Waals surface area contributed by atoms with Gasteiger partial charge in [0.15, 0.2) is 5.78 Å². The first-order valence-corrected chi connectivity index (χ1v) is 9.03. The van der Waals surface area contributed by atoms with Gasteiger partial charge in [-0.2, -0.15) is 0 Å². The van der Waals surface area contributed by atoms with Gasteiger partial charge in [-0.1, -0.05) is 80.4 Å². The fourth-order valence-electron chi connectivity index (χ4n) is 2.48. The molecule has 2 rings (SSSR count). The maximum Gasteiger partial charge on any atom is 0.248 e. The van der Waals surface area contributed by atoms with Crippen LogP contribution in [0.25, 0.3) is 12.2 Å². The summed E-state index contributed by atoms with van der Waals surface area (Å²) in [6.45, 7) is 2.10. The van der Waals surface area contributed by atoms with Crippen molar-refractivity contribution in [2.24, 2.45) is 0 Å². The molecule has 0 atom stereocenters. The largest absolute Gasteiger partial charge is 0.319 e. The number of unbranched alkanes of at least 4 members (excludes halogenated alkanes) is 2. The van der Waals surface area contributed by atoms with Crippen molar-refractivity contribution in [3.63, 3.8) is 0 Å². The van der Waals surface area contributed by atoms with E-state index in [9.17, 15) is 9.59 Å². The fraction of sp³-hybridized carbons (Fsp3) is 0.217. The topological polar surface area (TPSA) is 46.2 Å². The number of Topliss-reactive ketones (excluding diaryl/α,β-unsaturated/α-hetero) is 1. The summed E-state index contributed by atoms with van der Waals surface area (Å²) in [5.74, 6) is -0.344. The van der Waals surface area contributed by atoms with Crippen LogP contribution in [0.15, 0.2) is 72.4 Å². The minimum absolute atomic E-state index is 0.0382. The van der Waals surface area contributed by atoms with Crippen molar-refractivity contribution in [3.05, 3.63) is 83.6 Å². The molecule has 2 aromatic rings. The van der Waals surface area contributed by atoms with Crippen molar-refractivity contribution in [2.75, 3.05) is 0 Å². The molecular weight excluding hydrogens is 322 g/mol. The lowest BCUT2D eigenvalue weighted by atomic mass is 10.1. The molecule has 0 aliphatic carbocycles. The van der Waals surface area contributed by atoms with E-state index >= 15 is 0 Å². The second kappa shape index (κ2) is 10.8. The molecule has 0 saturated carbocycles. The summed E-state index contributed by atoms with van der Waals surface area (Å²) >= 11 is 0. The van der Waals surface area contributed by atoms with Crippen LogP contribution in [0.4, 0.5) is 0 Å². The minimum Gasteiger partial charge on any atom is -0.319 e. The third-order valence-electron chi connectivity index (χ3n) is 3.90.